The molecule has 0 bridgehead atoms. The normalized spacial score (nSPS) is 15.6. The molecule has 0 radical (unpaired) electrons. The molecule has 0 unspecified atom stereocenters. The third-order valence-electron chi connectivity index (χ3n) is 5.98. The second-order valence-electron chi connectivity index (χ2n) is 8.48. The summed E-state index contributed by atoms with van der Waals surface area (Å²) in [6.45, 7) is 5.31. The van der Waals surface area contributed by atoms with Crippen molar-refractivity contribution in [2.75, 3.05) is 54.1 Å². The maximum absolute atomic E-state index is 12.5. The predicted molar refractivity (Wildman–Crippen MR) is 139 cm³/mol. The quantitative estimate of drug-likeness (QED) is 0.436. The highest BCUT2D eigenvalue weighted by Crippen LogP contribution is 2.24. The van der Waals surface area contributed by atoms with Crippen molar-refractivity contribution < 1.29 is 17.9 Å². The summed E-state index contributed by atoms with van der Waals surface area (Å²) in [7, 11) is 1.26. The van der Waals surface area contributed by atoms with Gasteiger partial charge in [0.2, 0.25) is 10.0 Å². The van der Waals surface area contributed by atoms with Crippen LogP contribution in [0.5, 0.6) is 5.75 Å². The third-order valence-corrected chi connectivity index (χ3v) is 8.68. The van der Waals surface area contributed by atoms with Crippen LogP contribution in [0.4, 0.5) is 5.69 Å². The average molecular weight is 517 g/mol. The van der Waals surface area contributed by atoms with Crippen molar-refractivity contribution in [3.8, 4) is 17.0 Å². The molecule has 2 aromatic carbocycles. The first-order chi connectivity index (χ1) is 16.9. The van der Waals surface area contributed by atoms with Gasteiger partial charge in [-0.3, -0.25) is 4.90 Å². The Morgan fingerprint density at radius 3 is 2.34 bits per heavy atom. The molecule has 0 atom stereocenters. The summed E-state index contributed by atoms with van der Waals surface area (Å²) in [6, 6.07) is 14.8. The van der Waals surface area contributed by atoms with E-state index in [-0.39, 0.29) is 4.90 Å². The van der Waals surface area contributed by atoms with Gasteiger partial charge in [-0.05, 0) is 48.4 Å². The Morgan fingerprint density at radius 2 is 1.71 bits per heavy atom. The van der Waals surface area contributed by atoms with Gasteiger partial charge in [-0.1, -0.05) is 12.1 Å². The highest BCUT2D eigenvalue weighted by atomic mass is 32.2. The van der Waals surface area contributed by atoms with Crippen molar-refractivity contribution >= 4 is 27.0 Å². The molecule has 1 aliphatic rings. The van der Waals surface area contributed by atoms with Crippen molar-refractivity contribution in [2.45, 2.75) is 17.9 Å². The summed E-state index contributed by atoms with van der Waals surface area (Å²) in [4.78, 5) is 8.51. The largest absolute Gasteiger partial charge is 0.497 e. The van der Waals surface area contributed by atoms with Crippen LogP contribution >= 0.6 is 11.3 Å². The number of rotatable bonds is 9. The van der Waals surface area contributed by atoms with Crippen LogP contribution in [0.2, 0.25) is 0 Å². The van der Waals surface area contributed by atoms with Crippen molar-refractivity contribution in [1.29, 1.82) is 0 Å². The molecule has 1 saturated heterocycles. The van der Waals surface area contributed by atoms with Gasteiger partial charge in [0.1, 0.15) is 5.75 Å². The lowest BCUT2D eigenvalue weighted by molar-refractivity contribution is 0.0369. The number of ether oxygens (including phenoxy) is 2. The van der Waals surface area contributed by atoms with Crippen LogP contribution in [0.25, 0.3) is 11.3 Å². The van der Waals surface area contributed by atoms with Gasteiger partial charge in [-0.2, -0.15) is 0 Å². The number of morpholine rings is 1. The Labute approximate surface area is 211 Å². The maximum Gasteiger partial charge on any atom is 0.242 e. The summed E-state index contributed by atoms with van der Waals surface area (Å²) < 4.78 is 39.1. The monoisotopic (exact) mass is 516 g/mol. The molecule has 1 fully saturated rings. The molecule has 4 rings (SSSR count). The molecule has 2 heterocycles. The van der Waals surface area contributed by atoms with E-state index in [1.54, 1.807) is 30.6 Å². The lowest BCUT2D eigenvalue weighted by atomic mass is 10.2. The van der Waals surface area contributed by atoms with Gasteiger partial charge in [0.25, 0.3) is 0 Å². The third kappa shape index (κ3) is 6.20. The van der Waals surface area contributed by atoms with Crippen molar-refractivity contribution in [1.82, 2.24) is 13.8 Å². The van der Waals surface area contributed by atoms with Gasteiger partial charge >= 0.3 is 0 Å². The molecule has 0 aliphatic carbocycles. The predicted octanol–water partition coefficient (Wildman–Crippen LogP) is 3.43. The summed E-state index contributed by atoms with van der Waals surface area (Å²) in [5.41, 5.74) is 2.84. The first-order valence-electron chi connectivity index (χ1n) is 11.6. The van der Waals surface area contributed by atoms with Crippen molar-refractivity contribution in [2.24, 2.45) is 4.99 Å². The number of methoxy groups -OCH3 is 1. The molecule has 188 valence electrons. The standard InChI is InChI=1S/C25H32N4O4S2/c1-27(2)35(30,31)23-11-5-20(6-12-23)24-19-34-25(26-21-7-9-22(32-3)10-8-21)29(24)14-4-13-28-15-17-33-18-16-28/h5-12,19H,4,13-18H2,1-3H3. The zero-order valence-corrected chi connectivity index (χ0v) is 22.0. The molecule has 10 heteroatoms. The van der Waals surface area contributed by atoms with Crippen LogP contribution in [-0.2, 0) is 21.3 Å². The van der Waals surface area contributed by atoms with Crippen LogP contribution in [-0.4, -0.2) is 76.2 Å². The lowest BCUT2D eigenvalue weighted by Gasteiger charge is -2.26. The Morgan fingerprint density at radius 1 is 1.03 bits per heavy atom. The minimum absolute atomic E-state index is 0.281. The number of hydrogen-bond donors (Lipinski definition) is 0. The Bertz CT molecular complexity index is 1270. The highest BCUT2D eigenvalue weighted by Gasteiger charge is 2.18. The van der Waals surface area contributed by atoms with Gasteiger partial charge in [0.15, 0.2) is 4.80 Å². The van der Waals surface area contributed by atoms with E-state index in [9.17, 15) is 8.42 Å². The van der Waals surface area contributed by atoms with Crippen LogP contribution in [0.15, 0.2) is 63.8 Å². The molecule has 1 aliphatic heterocycles. The number of nitrogens with zero attached hydrogens (tertiary/aromatic N) is 4. The maximum atomic E-state index is 12.5. The molecule has 3 aromatic rings. The van der Waals surface area contributed by atoms with E-state index in [0.717, 1.165) is 73.3 Å². The summed E-state index contributed by atoms with van der Waals surface area (Å²) >= 11 is 1.58. The van der Waals surface area contributed by atoms with E-state index < -0.39 is 10.0 Å². The molecule has 0 N–H and O–H groups in total. The number of thiazole rings is 1. The smallest absolute Gasteiger partial charge is 0.242 e. The van der Waals surface area contributed by atoms with Gasteiger partial charge in [0, 0.05) is 45.7 Å². The van der Waals surface area contributed by atoms with E-state index in [1.165, 1.54) is 18.4 Å². The first-order valence-corrected chi connectivity index (χ1v) is 13.9. The lowest BCUT2D eigenvalue weighted by Crippen LogP contribution is -2.37. The fourth-order valence-corrected chi connectivity index (χ4v) is 5.78. The van der Waals surface area contributed by atoms with Crippen LogP contribution in [0.1, 0.15) is 6.42 Å². The fraction of sp³-hybridized carbons (Fsp3) is 0.400. The molecule has 0 saturated carbocycles. The summed E-state index contributed by atoms with van der Waals surface area (Å²) in [6.07, 6.45) is 0.979. The molecular formula is C25H32N4O4S2. The first kappa shape index (κ1) is 25.6. The summed E-state index contributed by atoms with van der Waals surface area (Å²) in [5.74, 6) is 0.793. The minimum Gasteiger partial charge on any atom is -0.497 e. The molecule has 35 heavy (non-hydrogen) atoms. The van der Waals surface area contributed by atoms with E-state index in [4.69, 9.17) is 14.5 Å². The molecular weight excluding hydrogens is 484 g/mol. The number of hydrogen-bond acceptors (Lipinski definition) is 7. The van der Waals surface area contributed by atoms with Gasteiger partial charge in [0.05, 0.1) is 36.6 Å². The van der Waals surface area contributed by atoms with E-state index in [1.807, 2.05) is 36.4 Å². The van der Waals surface area contributed by atoms with Crippen LogP contribution in [0.3, 0.4) is 0 Å². The van der Waals surface area contributed by atoms with Gasteiger partial charge in [-0.25, -0.2) is 17.7 Å². The number of sulfonamides is 1. The minimum atomic E-state index is -3.47. The number of aromatic nitrogens is 1. The van der Waals surface area contributed by atoms with Gasteiger partial charge < -0.3 is 14.0 Å². The second-order valence-corrected chi connectivity index (χ2v) is 11.5. The Balaban J connectivity index is 1.64. The Kier molecular flexibility index (Phi) is 8.40. The fourth-order valence-electron chi connectivity index (χ4n) is 3.92. The second kappa shape index (κ2) is 11.5. The summed E-state index contributed by atoms with van der Waals surface area (Å²) in [5, 5.41) is 2.09. The average Bonchev–Trinajstić information content (AvgIpc) is 3.27. The SMILES string of the molecule is COc1ccc(N=c2scc(-c3ccc(S(=O)(=O)N(C)C)cc3)n2CCCN2CCOCC2)cc1. The molecule has 0 spiro atoms. The highest BCUT2D eigenvalue weighted by molar-refractivity contribution is 7.89. The van der Waals surface area contributed by atoms with E-state index in [2.05, 4.69) is 14.8 Å². The zero-order chi connectivity index (χ0) is 24.8. The zero-order valence-electron chi connectivity index (χ0n) is 20.4. The molecule has 8 nitrogen and oxygen atoms in total. The van der Waals surface area contributed by atoms with Crippen LogP contribution in [0, 0.1) is 0 Å². The van der Waals surface area contributed by atoms with Gasteiger partial charge in [-0.15, -0.1) is 11.3 Å². The van der Waals surface area contributed by atoms with E-state index in [0.29, 0.717) is 0 Å². The Hall–Kier alpha value is -2.50. The molecule has 1 aromatic heterocycles. The number of benzene rings is 2. The van der Waals surface area contributed by atoms with E-state index >= 15 is 0 Å². The van der Waals surface area contributed by atoms with Crippen LogP contribution < -0.4 is 9.54 Å². The molecule has 0 amide bonds. The topological polar surface area (TPSA) is 76.4 Å². The van der Waals surface area contributed by atoms with Crippen molar-refractivity contribution in [3.63, 3.8) is 0 Å². The van der Waals surface area contributed by atoms with Crippen molar-refractivity contribution in [3.05, 3.63) is 58.7 Å².